The van der Waals surface area contributed by atoms with Gasteiger partial charge in [0.2, 0.25) is 0 Å². The summed E-state index contributed by atoms with van der Waals surface area (Å²) in [5.74, 6) is 0.275. The topological polar surface area (TPSA) is 61.7 Å². The zero-order valence-electron chi connectivity index (χ0n) is 10.5. The minimum Gasteiger partial charge on any atom is -0.506 e. The van der Waals surface area contributed by atoms with Crippen LogP contribution in [0.1, 0.15) is 18.1 Å². The number of carbonyl (C=O) groups excluding carboxylic acids is 1. The fraction of sp³-hybridized carbons (Fsp3) is 0.286. The largest absolute Gasteiger partial charge is 0.506 e. The number of nitrogens with one attached hydrogen (secondary N) is 1. The van der Waals surface area contributed by atoms with E-state index in [1.54, 1.807) is 12.1 Å². The van der Waals surface area contributed by atoms with Crippen LogP contribution in [0.2, 0.25) is 0 Å². The molecule has 0 radical (unpaired) electrons. The van der Waals surface area contributed by atoms with Crippen molar-refractivity contribution >= 4 is 17.4 Å². The lowest BCUT2D eigenvalue weighted by Gasteiger charge is -2.09. The Bertz CT molecular complexity index is 527. The quantitative estimate of drug-likeness (QED) is 0.630. The number of ketones is 1. The molecule has 18 heavy (non-hydrogen) atoms. The molecule has 4 nitrogen and oxygen atoms in total. The van der Waals surface area contributed by atoms with Crippen LogP contribution in [-0.4, -0.2) is 29.8 Å². The number of aliphatic hydroxyl groups is 1. The maximum atomic E-state index is 11.7. The third-order valence-corrected chi connectivity index (χ3v) is 2.82. The molecule has 0 fully saturated rings. The van der Waals surface area contributed by atoms with Crippen molar-refractivity contribution in [1.29, 1.82) is 0 Å². The van der Waals surface area contributed by atoms with E-state index in [-0.39, 0.29) is 17.1 Å². The van der Waals surface area contributed by atoms with Gasteiger partial charge in [-0.2, -0.15) is 0 Å². The molecule has 1 aromatic rings. The molecule has 0 bridgehead atoms. The average Bonchev–Trinajstić information content (AvgIpc) is 2.83. The number of amidine groups is 1. The molecule has 1 aromatic carbocycles. The van der Waals surface area contributed by atoms with Crippen molar-refractivity contribution in [3.8, 4) is 0 Å². The van der Waals surface area contributed by atoms with Crippen LogP contribution in [0.25, 0.3) is 5.76 Å². The fourth-order valence-corrected chi connectivity index (χ4v) is 1.87. The second-order valence-corrected chi connectivity index (χ2v) is 4.30. The molecule has 0 aromatic heterocycles. The summed E-state index contributed by atoms with van der Waals surface area (Å²) in [6.07, 6.45) is 0. The van der Waals surface area contributed by atoms with Gasteiger partial charge in [-0.25, -0.2) is 0 Å². The minimum atomic E-state index is -0.193. The molecule has 1 heterocycles. The molecule has 0 amide bonds. The molecule has 0 atom stereocenters. The molecule has 2 N–H and O–H groups in total. The zero-order valence-corrected chi connectivity index (χ0v) is 10.5. The molecular weight excluding hydrogens is 228 g/mol. The number of hydrogen-bond donors (Lipinski definition) is 2. The van der Waals surface area contributed by atoms with Crippen LogP contribution >= 0.6 is 0 Å². The second kappa shape index (κ2) is 5.04. The first kappa shape index (κ1) is 12.4. The first-order valence-electron chi connectivity index (χ1n) is 5.89. The molecule has 0 aliphatic carbocycles. The Morgan fingerprint density at radius 3 is 2.50 bits per heavy atom. The van der Waals surface area contributed by atoms with Crippen molar-refractivity contribution in [1.82, 2.24) is 5.32 Å². The molecule has 0 spiro atoms. The van der Waals surface area contributed by atoms with Crippen molar-refractivity contribution in [3.05, 3.63) is 41.0 Å². The Labute approximate surface area is 106 Å². The Morgan fingerprint density at radius 2 is 2.00 bits per heavy atom. The molecule has 1 aliphatic heterocycles. The van der Waals surface area contributed by atoms with Crippen molar-refractivity contribution in [2.75, 3.05) is 13.1 Å². The maximum Gasteiger partial charge on any atom is 0.167 e. The average molecular weight is 244 g/mol. The van der Waals surface area contributed by atoms with Crippen LogP contribution in [-0.2, 0) is 4.79 Å². The lowest BCUT2D eigenvalue weighted by Crippen LogP contribution is -2.25. The molecule has 2 rings (SSSR count). The highest BCUT2D eigenvalue weighted by Gasteiger charge is 2.20. The van der Waals surface area contributed by atoms with Crippen LogP contribution < -0.4 is 5.32 Å². The van der Waals surface area contributed by atoms with E-state index in [4.69, 9.17) is 0 Å². The number of nitrogens with zero attached hydrogens (tertiary/aromatic N) is 1. The van der Waals surface area contributed by atoms with Gasteiger partial charge in [-0.3, -0.25) is 9.79 Å². The number of Topliss-reactive ketones (excluding diaryl/α,β-unsaturated/α-hetero) is 1. The summed E-state index contributed by atoms with van der Waals surface area (Å²) < 4.78 is 0. The zero-order chi connectivity index (χ0) is 13.1. The van der Waals surface area contributed by atoms with E-state index in [0.717, 1.165) is 5.56 Å². The summed E-state index contributed by atoms with van der Waals surface area (Å²) in [6.45, 7) is 4.74. The van der Waals surface area contributed by atoms with Gasteiger partial charge in [0.05, 0.1) is 6.54 Å². The lowest BCUT2D eigenvalue weighted by atomic mass is 10.0. The number of benzene rings is 1. The van der Waals surface area contributed by atoms with Gasteiger partial charge in [-0.15, -0.1) is 0 Å². The van der Waals surface area contributed by atoms with E-state index in [1.165, 1.54) is 6.92 Å². The third-order valence-electron chi connectivity index (χ3n) is 2.82. The molecule has 0 saturated heterocycles. The van der Waals surface area contributed by atoms with Gasteiger partial charge in [0.25, 0.3) is 0 Å². The van der Waals surface area contributed by atoms with Gasteiger partial charge in [0, 0.05) is 12.1 Å². The number of hydrogen-bond acceptors (Lipinski definition) is 4. The number of aliphatic imine (C=N–C) groups is 1. The van der Waals surface area contributed by atoms with E-state index in [0.29, 0.717) is 24.5 Å². The van der Waals surface area contributed by atoms with Crippen molar-refractivity contribution in [2.24, 2.45) is 4.99 Å². The predicted molar refractivity (Wildman–Crippen MR) is 71.7 cm³/mol. The number of carbonyl (C=O) groups is 1. The van der Waals surface area contributed by atoms with E-state index < -0.39 is 0 Å². The van der Waals surface area contributed by atoms with Gasteiger partial charge in [0.15, 0.2) is 5.78 Å². The summed E-state index contributed by atoms with van der Waals surface area (Å²) in [6, 6.07) is 7.38. The first-order chi connectivity index (χ1) is 8.59. The van der Waals surface area contributed by atoms with Crippen molar-refractivity contribution < 1.29 is 9.90 Å². The van der Waals surface area contributed by atoms with E-state index in [2.05, 4.69) is 10.3 Å². The Hall–Kier alpha value is -2.10. The van der Waals surface area contributed by atoms with Crippen LogP contribution in [0.3, 0.4) is 0 Å². The summed E-state index contributed by atoms with van der Waals surface area (Å²) in [5.41, 5.74) is 1.99. The summed E-state index contributed by atoms with van der Waals surface area (Å²) >= 11 is 0. The van der Waals surface area contributed by atoms with Crippen LogP contribution in [0.5, 0.6) is 0 Å². The SMILES string of the molecule is CC(=O)C(C1=NCCN1)=C(O)c1ccc(C)cc1. The van der Waals surface area contributed by atoms with Gasteiger partial charge in [-0.1, -0.05) is 29.8 Å². The number of aryl methyl sites for hydroxylation is 1. The minimum absolute atomic E-state index is 0.0179. The van der Waals surface area contributed by atoms with Gasteiger partial charge in [-0.05, 0) is 13.8 Å². The van der Waals surface area contributed by atoms with Crippen molar-refractivity contribution in [2.45, 2.75) is 13.8 Å². The summed E-state index contributed by atoms with van der Waals surface area (Å²) in [4.78, 5) is 15.9. The third kappa shape index (κ3) is 2.42. The van der Waals surface area contributed by atoms with E-state index in [1.807, 2.05) is 19.1 Å². The summed E-state index contributed by atoms with van der Waals surface area (Å²) in [5, 5.41) is 13.3. The van der Waals surface area contributed by atoms with Gasteiger partial charge >= 0.3 is 0 Å². The van der Waals surface area contributed by atoms with Crippen molar-refractivity contribution in [3.63, 3.8) is 0 Å². The van der Waals surface area contributed by atoms with Gasteiger partial charge < -0.3 is 10.4 Å². The first-order valence-corrected chi connectivity index (χ1v) is 5.89. The van der Waals surface area contributed by atoms with E-state index >= 15 is 0 Å². The Morgan fingerprint density at radius 1 is 1.33 bits per heavy atom. The monoisotopic (exact) mass is 244 g/mol. The van der Waals surface area contributed by atoms with Crippen LogP contribution in [0, 0.1) is 6.92 Å². The smallest absolute Gasteiger partial charge is 0.167 e. The van der Waals surface area contributed by atoms with Gasteiger partial charge in [0.1, 0.15) is 17.2 Å². The molecular formula is C14H16N2O2. The number of aliphatic hydroxyl groups excluding tert-OH is 1. The molecule has 1 aliphatic rings. The normalized spacial score (nSPS) is 15.8. The fourth-order valence-electron chi connectivity index (χ4n) is 1.87. The summed E-state index contributed by atoms with van der Waals surface area (Å²) in [7, 11) is 0. The highest BCUT2D eigenvalue weighted by molar-refractivity contribution is 6.25. The highest BCUT2D eigenvalue weighted by atomic mass is 16.3. The predicted octanol–water partition coefficient (Wildman–Crippen LogP) is 1.85. The lowest BCUT2D eigenvalue weighted by molar-refractivity contribution is -0.113. The molecule has 94 valence electrons. The molecule has 4 heteroatoms. The van der Waals surface area contributed by atoms with Crippen LogP contribution in [0.4, 0.5) is 0 Å². The molecule has 0 unspecified atom stereocenters. The standard InChI is InChI=1S/C14H16N2O2/c1-9-3-5-11(6-4-9)13(18)12(10(2)17)14-15-7-8-16-14/h3-6,18H,7-8H2,1-2H3,(H,15,16). The van der Waals surface area contributed by atoms with Crippen LogP contribution in [0.15, 0.2) is 34.8 Å². The Balaban J connectivity index is 2.47. The second-order valence-electron chi connectivity index (χ2n) is 4.30. The maximum absolute atomic E-state index is 11.7. The van der Waals surface area contributed by atoms with E-state index in [9.17, 15) is 9.90 Å². The Kier molecular flexibility index (Phi) is 3.46. The number of rotatable bonds is 3. The molecule has 0 saturated carbocycles. The highest BCUT2D eigenvalue weighted by Crippen LogP contribution is 2.19.